The first-order valence-corrected chi connectivity index (χ1v) is 0. The maximum absolute atomic E-state index is 0. The van der Waals surface area contributed by atoms with Crippen LogP contribution in [-0.2, 0) is 40.9 Å². The van der Waals surface area contributed by atoms with Crippen LogP contribution in [0.4, 0.5) is 0 Å². The number of rotatable bonds is 0. The predicted molar refractivity (Wildman–Crippen MR) is 17.1 cm³/mol. The molecular weight excluding hydrogens is 183 g/mol. The van der Waals surface area contributed by atoms with E-state index in [2.05, 4.69) is 0 Å². The third kappa shape index (κ3) is 9.49. The molecule has 0 aliphatic heterocycles. The van der Waals surface area contributed by atoms with Gasteiger partial charge in [-0.15, -0.1) is 0 Å². The van der Waals surface area contributed by atoms with Crippen molar-refractivity contribution in [3.8, 4) is 0 Å². The van der Waals surface area contributed by atoms with E-state index in [4.69, 9.17) is 0 Å². The van der Waals surface area contributed by atoms with E-state index < -0.39 is 0 Å². The molecule has 0 aromatic rings. The van der Waals surface area contributed by atoms with E-state index in [0.29, 0.717) is 0 Å². The fourth-order valence-electron chi connectivity index (χ4n) is 0. The fraction of sp³-hybridized carbons (Fsp3) is 0. The van der Waals surface area contributed by atoms with Crippen LogP contribution < -0.4 is 0 Å². The molecule has 4 heteroatoms. The summed E-state index contributed by atoms with van der Waals surface area (Å²) in [4.78, 5) is 0. The molecule has 4 heavy (non-hydrogen) atoms. The molecule has 0 nitrogen and oxygen atoms in total. The topological polar surface area (TPSA) is 0 Å². The summed E-state index contributed by atoms with van der Waals surface area (Å²) in [6.07, 6.45) is 0. The van der Waals surface area contributed by atoms with Gasteiger partial charge in [-0.05, 0) is 11.0 Å². The zero-order valence-corrected chi connectivity index (χ0v) is 5.07. The standard InChI is InChI=1S/B.Nb.H4Si.V/h;;1H4;. The van der Waals surface area contributed by atoms with E-state index in [1.807, 2.05) is 0 Å². The van der Waals surface area contributed by atoms with Crippen molar-refractivity contribution in [3.05, 3.63) is 0 Å². The van der Waals surface area contributed by atoms with Gasteiger partial charge in [-0.2, -0.15) is 0 Å². The fourth-order valence-corrected chi connectivity index (χ4v) is 0. The summed E-state index contributed by atoms with van der Waals surface area (Å²) in [5.74, 6) is 0. The van der Waals surface area contributed by atoms with Crippen LogP contribution in [0.25, 0.3) is 0 Å². The van der Waals surface area contributed by atoms with Gasteiger partial charge in [-0.1, -0.05) is 0 Å². The van der Waals surface area contributed by atoms with Crippen LogP contribution in [0.15, 0.2) is 0 Å². The van der Waals surface area contributed by atoms with Crippen molar-refractivity contribution < 1.29 is 40.9 Å². The van der Waals surface area contributed by atoms with Gasteiger partial charge in [0.1, 0.15) is 0 Å². The molecule has 21 valence electrons. The van der Waals surface area contributed by atoms with E-state index >= 15 is 0 Å². The molecule has 0 amide bonds. The second kappa shape index (κ2) is 23.2. The Bertz CT molecular complexity index is 8.00. The summed E-state index contributed by atoms with van der Waals surface area (Å²) in [6, 6.07) is 0. The Morgan fingerprint density at radius 2 is 1.00 bits per heavy atom. The van der Waals surface area contributed by atoms with E-state index in [0.717, 1.165) is 0 Å². The first-order chi connectivity index (χ1) is 0. The van der Waals surface area contributed by atoms with Crippen LogP contribution in [0, 0.1) is 0 Å². The second-order valence-electron chi connectivity index (χ2n) is 0. The van der Waals surface area contributed by atoms with Crippen molar-refractivity contribution in [2.45, 2.75) is 0 Å². The monoisotopic (exact) mass is 187 g/mol. The molecule has 0 atom stereocenters. The minimum Gasteiger partial charge on any atom is -0.0149 e. The van der Waals surface area contributed by atoms with E-state index in [1.54, 1.807) is 0 Å². The molecule has 0 aliphatic rings. The zero-order valence-electron chi connectivity index (χ0n) is 1.47. The molecule has 0 saturated carbocycles. The SMILES string of the molecule is [B].[Nb].[SiH4].[V]. The van der Waals surface area contributed by atoms with Crippen LogP contribution in [0.3, 0.4) is 0 Å². The Balaban J connectivity index is 0. The van der Waals surface area contributed by atoms with Crippen molar-refractivity contribution in [1.82, 2.24) is 0 Å². The molecule has 0 rings (SSSR count). The van der Waals surface area contributed by atoms with Crippen molar-refractivity contribution in [1.29, 1.82) is 0 Å². The Kier molecular flexibility index (Phi) is 268. The maximum Gasteiger partial charge on any atom is 0 e. The molecular formula is H4BNbSiV. The van der Waals surface area contributed by atoms with E-state index in [9.17, 15) is 0 Å². The van der Waals surface area contributed by atoms with Crippen LogP contribution in [0.2, 0.25) is 0 Å². The van der Waals surface area contributed by atoms with Gasteiger partial charge in [0, 0.05) is 49.3 Å². The summed E-state index contributed by atoms with van der Waals surface area (Å²) >= 11 is 0. The van der Waals surface area contributed by atoms with Gasteiger partial charge in [0.25, 0.3) is 0 Å². The van der Waals surface area contributed by atoms with Crippen molar-refractivity contribution in [3.63, 3.8) is 0 Å². The second-order valence-corrected chi connectivity index (χ2v) is 0. The first kappa shape index (κ1) is 46.1. The van der Waals surface area contributed by atoms with Crippen LogP contribution in [0.1, 0.15) is 0 Å². The van der Waals surface area contributed by atoms with Gasteiger partial charge >= 0.3 is 0 Å². The Morgan fingerprint density at radius 1 is 1.00 bits per heavy atom. The molecule has 0 saturated heterocycles. The van der Waals surface area contributed by atoms with Gasteiger partial charge in [0.05, 0.1) is 0 Å². The summed E-state index contributed by atoms with van der Waals surface area (Å²) < 4.78 is 0. The number of hydrogen-bond donors (Lipinski definition) is 0. The van der Waals surface area contributed by atoms with Gasteiger partial charge in [0.15, 0.2) is 0 Å². The molecule has 5 radical (unpaired) electrons. The smallest absolute Gasteiger partial charge is 0 e. The maximum atomic E-state index is 0. The zero-order chi connectivity index (χ0) is 0. The van der Waals surface area contributed by atoms with E-state index in [1.165, 1.54) is 0 Å². The van der Waals surface area contributed by atoms with Crippen molar-refractivity contribution >= 4 is 19.4 Å². The summed E-state index contributed by atoms with van der Waals surface area (Å²) in [6.45, 7) is 0. The first-order valence-electron chi connectivity index (χ1n) is 0. The van der Waals surface area contributed by atoms with Crippen LogP contribution in [-0.4, -0.2) is 19.4 Å². The van der Waals surface area contributed by atoms with Gasteiger partial charge in [-0.25, -0.2) is 0 Å². The summed E-state index contributed by atoms with van der Waals surface area (Å²) in [7, 11) is 0. The molecule has 0 unspecified atom stereocenters. The van der Waals surface area contributed by atoms with Gasteiger partial charge in [0.2, 0.25) is 0 Å². The quantitative estimate of drug-likeness (QED) is 0.391. The minimum atomic E-state index is 0. The molecule has 0 spiro atoms. The summed E-state index contributed by atoms with van der Waals surface area (Å²) in [5, 5.41) is 0. The molecule has 0 heterocycles. The molecule has 0 aliphatic carbocycles. The molecule has 0 aromatic carbocycles. The summed E-state index contributed by atoms with van der Waals surface area (Å²) in [5.41, 5.74) is 0. The third-order valence-corrected chi connectivity index (χ3v) is 0. The average Bonchev–Trinajstić information content (AvgIpc) is 0. The number of hydrogen-bond acceptors (Lipinski definition) is 0. The third-order valence-electron chi connectivity index (χ3n) is 0. The van der Waals surface area contributed by atoms with Crippen molar-refractivity contribution in [2.75, 3.05) is 0 Å². The largest absolute Gasteiger partial charge is 0.0149 e. The average molecular weight is 187 g/mol. The molecule has 0 aromatic heterocycles. The predicted octanol–water partition coefficient (Wildman–Crippen LogP) is -1.84. The Morgan fingerprint density at radius 3 is 1.00 bits per heavy atom. The van der Waals surface area contributed by atoms with Crippen molar-refractivity contribution in [2.24, 2.45) is 0 Å². The molecule has 0 fully saturated rings. The van der Waals surface area contributed by atoms with Crippen LogP contribution >= 0.6 is 0 Å². The Hall–Kier alpha value is 1.61. The molecule has 0 bridgehead atoms. The van der Waals surface area contributed by atoms with Crippen LogP contribution in [0.5, 0.6) is 0 Å². The normalized spacial score (nSPS) is 0. The Labute approximate surface area is 60.1 Å². The van der Waals surface area contributed by atoms with E-state index in [-0.39, 0.29) is 60.3 Å². The minimum absolute atomic E-state index is 0. The van der Waals surface area contributed by atoms with Gasteiger partial charge in [-0.3, -0.25) is 0 Å². The van der Waals surface area contributed by atoms with Gasteiger partial charge < -0.3 is 0 Å². The molecule has 0 N–H and O–H groups in total.